The van der Waals surface area contributed by atoms with Crippen LogP contribution >= 0.6 is 0 Å². The van der Waals surface area contributed by atoms with E-state index in [4.69, 9.17) is 0 Å². The quantitative estimate of drug-likeness (QED) is 0.121. The number of carbonyl (C=O) groups is 1. The van der Waals surface area contributed by atoms with E-state index in [0.29, 0.717) is 6.61 Å². The molecule has 0 aliphatic carbocycles. The molecular formula is C58H134O2. The zero-order valence-electron chi connectivity index (χ0n) is 48.9. The fourth-order valence-corrected chi connectivity index (χ4v) is 5.40. The van der Waals surface area contributed by atoms with E-state index in [2.05, 4.69) is 192 Å². The van der Waals surface area contributed by atoms with Crippen molar-refractivity contribution in [3.8, 4) is 0 Å². The van der Waals surface area contributed by atoms with Crippen LogP contribution in [0.2, 0.25) is 0 Å². The summed E-state index contributed by atoms with van der Waals surface area (Å²) in [7, 11) is 0. The molecule has 60 heavy (non-hydrogen) atoms. The summed E-state index contributed by atoms with van der Waals surface area (Å²) in [6, 6.07) is 0. The van der Waals surface area contributed by atoms with Gasteiger partial charge >= 0.3 is 5.97 Å². The van der Waals surface area contributed by atoms with Crippen LogP contribution in [-0.4, -0.2) is 12.6 Å². The molecule has 0 heterocycles. The van der Waals surface area contributed by atoms with E-state index in [1.165, 1.54) is 122 Å². The molecule has 0 rings (SSSR count). The first-order chi connectivity index (χ1) is 27.7. The first kappa shape index (κ1) is 83.1. The van der Waals surface area contributed by atoms with Crippen molar-refractivity contribution in [3.05, 3.63) is 0 Å². The molecule has 0 aromatic rings. The molecule has 0 saturated heterocycles. The molecule has 0 spiro atoms. The molecule has 378 valence electrons. The van der Waals surface area contributed by atoms with Gasteiger partial charge in [0.2, 0.25) is 0 Å². The molecule has 0 bridgehead atoms. The Bertz CT molecular complexity index is 455. The Morgan fingerprint density at radius 1 is 0.267 bits per heavy atom. The van der Waals surface area contributed by atoms with Gasteiger partial charge in [0.25, 0.3) is 0 Å². The zero-order valence-corrected chi connectivity index (χ0v) is 48.9. The largest absolute Gasteiger partial charge is 0.466 e. The van der Waals surface area contributed by atoms with Gasteiger partial charge < -0.3 is 4.74 Å². The van der Waals surface area contributed by atoms with Crippen molar-refractivity contribution in [2.75, 3.05) is 6.61 Å². The highest BCUT2D eigenvalue weighted by molar-refractivity contribution is 5.65. The second kappa shape index (κ2) is 78.9. The molecule has 0 saturated carbocycles. The zero-order chi connectivity index (χ0) is 49.9. The Kier molecular flexibility index (Phi) is 109. The lowest BCUT2D eigenvalue weighted by molar-refractivity contribution is -0.140. The van der Waals surface area contributed by atoms with E-state index in [0.717, 1.165) is 53.3 Å². The number of hydrogen-bond acceptors (Lipinski definition) is 2. The van der Waals surface area contributed by atoms with Gasteiger partial charge in [-0.1, -0.05) is 303 Å². The van der Waals surface area contributed by atoms with Gasteiger partial charge in [-0.25, -0.2) is 0 Å². The third kappa shape index (κ3) is 211. The van der Waals surface area contributed by atoms with Crippen molar-refractivity contribution < 1.29 is 9.53 Å². The summed E-state index contributed by atoms with van der Waals surface area (Å²) >= 11 is 0. The van der Waals surface area contributed by atoms with Gasteiger partial charge in [-0.15, -0.1) is 0 Å². The molecular weight excluding hydrogens is 729 g/mol. The van der Waals surface area contributed by atoms with Crippen molar-refractivity contribution in [1.29, 1.82) is 0 Å². The van der Waals surface area contributed by atoms with Crippen LogP contribution in [0.5, 0.6) is 0 Å². The van der Waals surface area contributed by atoms with Crippen molar-refractivity contribution >= 4 is 5.97 Å². The summed E-state index contributed by atoms with van der Waals surface area (Å²) in [5.74, 6) is 7.87. The molecule has 0 unspecified atom stereocenters. The standard InChI is InChI=1S/9C6H14.C4H8O2/c9*1-4-5-6(2)3;1-3-6-4(2)5/h9*6H,4-5H2,1-3H3;3H2,1-2H3. The highest BCUT2D eigenvalue weighted by Crippen LogP contribution is 2.04. The minimum atomic E-state index is -0.211. The van der Waals surface area contributed by atoms with Crippen molar-refractivity contribution in [3.63, 3.8) is 0 Å². The Labute approximate surface area is 390 Å². The number of rotatable bonds is 19. The molecule has 0 aliphatic rings. The molecule has 0 aliphatic heterocycles. The van der Waals surface area contributed by atoms with Gasteiger partial charge in [-0.3, -0.25) is 4.79 Å². The summed E-state index contributed by atoms with van der Waals surface area (Å²) in [5, 5.41) is 0. The molecule has 0 amide bonds. The fraction of sp³-hybridized carbons (Fsp3) is 0.983. The van der Waals surface area contributed by atoms with Gasteiger partial charge in [0.1, 0.15) is 0 Å². The average Bonchev–Trinajstić information content (AvgIpc) is 3.07. The molecule has 2 heteroatoms. The summed E-state index contributed by atoms with van der Waals surface area (Å²) < 4.78 is 4.40. The lowest BCUT2D eigenvalue weighted by atomic mass is 10.1. The maximum Gasteiger partial charge on any atom is 0.302 e. The normalized spacial score (nSPS) is 9.77. The topological polar surface area (TPSA) is 26.3 Å². The van der Waals surface area contributed by atoms with E-state index < -0.39 is 0 Å². The smallest absolute Gasteiger partial charge is 0.302 e. The Morgan fingerprint density at radius 3 is 0.367 bits per heavy atom. The van der Waals surface area contributed by atoms with Crippen molar-refractivity contribution in [2.45, 2.75) is 316 Å². The Hall–Kier alpha value is -0.530. The molecule has 0 aromatic carbocycles. The highest BCUT2D eigenvalue weighted by Gasteiger charge is 1.90. The molecule has 0 N–H and O–H groups in total. The van der Waals surface area contributed by atoms with Crippen LogP contribution in [0.4, 0.5) is 0 Å². The van der Waals surface area contributed by atoms with E-state index >= 15 is 0 Å². The van der Waals surface area contributed by atoms with E-state index in [-0.39, 0.29) is 5.97 Å². The van der Waals surface area contributed by atoms with E-state index in [1.54, 1.807) is 6.92 Å². The molecule has 0 atom stereocenters. The second-order valence-electron chi connectivity index (χ2n) is 20.6. The highest BCUT2D eigenvalue weighted by atomic mass is 16.5. The molecule has 0 fully saturated rings. The van der Waals surface area contributed by atoms with Crippen LogP contribution in [0.25, 0.3) is 0 Å². The maximum atomic E-state index is 9.82. The Balaban J connectivity index is -0.0000000579. The maximum absolute atomic E-state index is 9.82. The van der Waals surface area contributed by atoms with Crippen molar-refractivity contribution in [2.24, 2.45) is 53.3 Å². The summed E-state index contributed by atoms with van der Waals surface area (Å²) in [4.78, 5) is 9.82. The third-order valence-electron chi connectivity index (χ3n) is 8.14. The lowest BCUT2D eigenvalue weighted by Crippen LogP contribution is -1.95. The number of esters is 1. The second-order valence-corrected chi connectivity index (χ2v) is 20.6. The summed E-state index contributed by atoms with van der Waals surface area (Å²) in [5.41, 5.74) is 0. The van der Waals surface area contributed by atoms with Crippen LogP contribution in [0, 0.1) is 53.3 Å². The third-order valence-corrected chi connectivity index (χ3v) is 8.14. The number of hydrogen-bond donors (Lipinski definition) is 0. The predicted octanol–water partition coefficient (Wildman–Crippen LogP) is 22.6. The van der Waals surface area contributed by atoms with Gasteiger partial charge in [0, 0.05) is 6.92 Å². The van der Waals surface area contributed by atoms with Gasteiger partial charge in [-0.2, -0.15) is 0 Å². The van der Waals surface area contributed by atoms with Crippen LogP contribution in [0.3, 0.4) is 0 Å². The molecule has 0 radical (unpaired) electrons. The van der Waals surface area contributed by atoms with Gasteiger partial charge in [-0.05, 0) is 60.2 Å². The minimum Gasteiger partial charge on any atom is -0.466 e. The van der Waals surface area contributed by atoms with Crippen molar-refractivity contribution in [1.82, 2.24) is 0 Å². The summed E-state index contributed by atoms with van der Waals surface area (Å²) in [6.07, 6.45) is 24.4. The average molecular weight is 864 g/mol. The van der Waals surface area contributed by atoms with Crippen LogP contribution in [-0.2, 0) is 9.53 Å². The Morgan fingerprint density at radius 2 is 0.367 bits per heavy atom. The monoisotopic (exact) mass is 863 g/mol. The fourth-order valence-electron chi connectivity index (χ4n) is 5.40. The van der Waals surface area contributed by atoms with Gasteiger partial charge in [0.15, 0.2) is 0 Å². The summed E-state index contributed by atoms with van der Waals surface area (Å²) in [6.45, 7) is 64.2. The first-order valence-corrected chi connectivity index (χ1v) is 26.8. The lowest BCUT2D eigenvalue weighted by Gasteiger charge is -1.95. The number of carbonyl (C=O) groups excluding carboxylic acids is 1. The van der Waals surface area contributed by atoms with Crippen LogP contribution in [0.15, 0.2) is 0 Å². The first-order valence-electron chi connectivity index (χ1n) is 26.8. The van der Waals surface area contributed by atoms with Crippen LogP contribution < -0.4 is 0 Å². The van der Waals surface area contributed by atoms with E-state index in [1.807, 2.05) is 0 Å². The van der Waals surface area contributed by atoms with Crippen LogP contribution in [0.1, 0.15) is 316 Å². The van der Waals surface area contributed by atoms with E-state index in [9.17, 15) is 4.79 Å². The SMILES string of the molecule is CCCC(C)C.CCCC(C)C.CCCC(C)C.CCCC(C)C.CCCC(C)C.CCCC(C)C.CCCC(C)C.CCCC(C)C.CCCC(C)C.CCOC(C)=O. The van der Waals surface area contributed by atoms with Gasteiger partial charge in [0.05, 0.1) is 6.61 Å². The molecule has 2 nitrogen and oxygen atoms in total. The minimum absolute atomic E-state index is 0.211. The number of ether oxygens (including phenoxy) is 1. The molecule has 0 aromatic heterocycles. The predicted molar refractivity (Wildman–Crippen MR) is 290 cm³/mol.